The molecule has 0 aliphatic carbocycles. The van der Waals surface area contributed by atoms with Crippen molar-refractivity contribution in [1.29, 1.82) is 0 Å². The fourth-order valence-corrected chi connectivity index (χ4v) is 6.10. The average molecular weight is 196 g/mol. The summed E-state index contributed by atoms with van der Waals surface area (Å²) in [6, 6.07) is 10.8. The monoisotopic (exact) mass is 196 g/mol. The van der Waals surface area contributed by atoms with Crippen molar-refractivity contribution >= 4 is 23.9 Å². The van der Waals surface area contributed by atoms with Gasteiger partial charge in [0, 0.05) is 4.90 Å². The van der Waals surface area contributed by atoms with Gasteiger partial charge >= 0.3 is 0 Å². The van der Waals surface area contributed by atoms with Crippen molar-refractivity contribution in [3.63, 3.8) is 0 Å². The van der Waals surface area contributed by atoms with Gasteiger partial charge in [0.2, 0.25) is 0 Å². The Morgan fingerprint density at radius 1 is 1.17 bits per heavy atom. The molecule has 1 unspecified atom stereocenters. The second kappa shape index (κ2) is 4.20. The second-order valence-corrected chi connectivity index (χ2v) is 7.68. The van der Waals surface area contributed by atoms with Gasteiger partial charge in [0.25, 0.3) is 0 Å². The van der Waals surface area contributed by atoms with Crippen molar-refractivity contribution in [2.24, 2.45) is 0 Å². The third-order valence-electron chi connectivity index (χ3n) is 1.99. The normalized spacial score (nSPS) is 22.2. The van der Waals surface area contributed by atoms with Crippen LogP contribution in [0.4, 0.5) is 0 Å². The van der Waals surface area contributed by atoms with Gasteiger partial charge in [-0.1, -0.05) is 30.7 Å². The molecule has 0 spiro atoms. The Morgan fingerprint density at radius 2 is 2.00 bits per heavy atom. The topological polar surface area (TPSA) is 0 Å². The zero-order valence-electron chi connectivity index (χ0n) is 6.99. The van der Waals surface area contributed by atoms with Crippen molar-refractivity contribution in [3.8, 4) is 0 Å². The lowest BCUT2D eigenvalue weighted by Gasteiger charge is -2.01. The lowest BCUT2D eigenvalue weighted by atomic mass is 10.4. The molecule has 1 aromatic rings. The van der Waals surface area contributed by atoms with Crippen molar-refractivity contribution in [2.75, 3.05) is 6.16 Å². The van der Waals surface area contributed by atoms with Crippen LogP contribution in [0.5, 0.6) is 0 Å². The number of benzene rings is 1. The molecule has 1 atom stereocenters. The maximum atomic E-state index is 2.54. The number of rotatable bonds is 2. The lowest BCUT2D eigenvalue weighted by molar-refractivity contribution is 1.05. The molecule has 0 aromatic heterocycles. The van der Waals surface area contributed by atoms with Crippen LogP contribution in [0.15, 0.2) is 35.2 Å². The zero-order valence-corrected chi connectivity index (χ0v) is 8.81. The third-order valence-corrected chi connectivity index (χ3v) is 6.96. The predicted molar refractivity (Wildman–Crippen MR) is 60.8 cm³/mol. The SMILES string of the molecule is C1=[PH](Sc2ccccc2)CCC1. The Kier molecular flexibility index (Phi) is 2.97. The van der Waals surface area contributed by atoms with Crippen LogP contribution in [-0.4, -0.2) is 12.0 Å². The predicted octanol–water partition coefficient (Wildman–Crippen LogP) is 3.50. The smallest absolute Gasteiger partial charge is 0.0113 e. The molecule has 2 rings (SSSR count). The highest BCUT2D eigenvalue weighted by Gasteiger charge is 2.03. The average Bonchev–Trinajstić information content (AvgIpc) is 2.59. The molecular formula is C10H13PS. The van der Waals surface area contributed by atoms with E-state index in [0.717, 1.165) is 0 Å². The first-order valence-electron chi connectivity index (χ1n) is 4.37. The Hall–Kier alpha value is -0.130. The van der Waals surface area contributed by atoms with E-state index < -0.39 is 0 Å². The molecule has 0 N–H and O–H groups in total. The molecule has 12 heavy (non-hydrogen) atoms. The highest BCUT2D eigenvalue weighted by molar-refractivity contribution is 8.54. The van der Waals surface area contributed by atoms with Crippen molar-refractivity contribution in [1.82, 2.24) is 0 Å². The summed E-state index contributed by atoms with van der Waals surface area (Å²) in [4.78, 5) is 1.45. The van der Waals surface area contributed by atoms with Crippen molar-refractivity contribution in [3.05, 3.63) is 30.3 Å². The maximum absolute atomic E-state index is 2.54. The van der Waals surface area contributed by atoms with Crippen LogP contribution in [0.1, 0.15) is 12.8 Å². The summed E-state index contributed by atoms with van der Waals surface area (Å²) in [5.74, 6) is 2.54. The molecule has 1 aromatic carbocycles. The molecule has 2 heteroatoms. The van der Waals surface area contributed by atoms with Crippen LogP contribution >= 0.6 is 18.1 Å². The van der Waals surface area contributed by atoms with E-state index in [-0.39, 0.29) is 6.75 Å². The quantitative estimate of drug-likeness (QED) is 0.652. The van der Waals surface area contributed by atoms with Crippen LogP contribution in [0.3, 0.4) is 0 Å². The first kappa shape index (κ1) is 8.47. The molecule has 0 nitrogen and oxygen atoms in total. The van der Waals surface area contributed by atoms with Crippen LogP contribution in [0, 0.1) is 0 Å². The molecule has 0 amide bonds. The van der Waals surface area contributed by atoms with Gasteiger partial charge in [-0.2, -0.15) is 0 Å². The van der Waals surface area contributed by atoms with Gasteiger partial charge in [0.05, 0.1) is 0 Å². The Bertz CT molecular complexity index is 279. The molecule has 1 aliphatic rings. The van der Waals surface area contributed by atoms with Crippen LogP contribution in [0.2, 0.25) is 0 Å². The largest absolute Gasteiger partial charge is 0.103 e. The Morgan fingerprint density at radius 3 is 2.67 bits per heavy atom. The first-order chi connectivity index (χ1) is 5.95. The minimum absolute atomic E-state index is 0.173. The zero-order chi connectivity index (χ0) is 8.23. The molecule has 64 valence electrons. The van der Waals surface area contributed by atoms with Crippen LogP contribution in [-0.2, 0) is 0 Å². The highest BCUT2D eigenvalue weighted by atomic mass is 32.7. The molecule has 0 fully saturated rings. The maximum Gasteiger partial charge on any atom is 0.0113 e. The van der Waals surface area contributed by atoms with Gasteiger partial charge in [-0.15, -0.1) is 11.4 Å². The van der Waals surface area contributed by atoms with Gasteiger partial charge in [-0.3, -0.25) is 0 Å². The van der Waals surface area contributed by atoms with E-state index in [1.54, 1.807) is 0 Å². The standard InChI is InChI=1S/C10H13PS/c1-2-6-10(7-3-1)12-11-8-4-5-9-11/h1-3,6-8,11H,4-5,9H2. The van der Waals surface area contributed by atoms with E-state index in [1.165, 1.54) is 23.9 Å². The Balaban J connectivity index is 2.04. The summed E-state index contributed by atoms with van der Waals surface area (Å²) in [5, 5.41) is 0. The summed E-state index contributed by atoms with van der Waals surface area (Å²) in [5.41, 5.74) is 0. The van der Waals surface area contributed by atoms with Crippen LogP contribution < -0.4 is 0 Å². The molecule has 0 saturated heterocycles. The van der Waals surface area contributed by atoms with Crippen molar-refractivity contribution in [2.45, 2.75) is 17.7 Å². The van der Waals surface area contributed by atoms with Crippen LogP contribution in [0.25, 0.3) is 0 Å². The number of hydrogen-bond donors (Lipinski definition) is 0. The second-order valence-electron chi connectivity index (χ2n) is 2.98. The van der Waals surface area contributed by atoms with Gasteiger partial charge in [-0.25, -0.2) is 0 Å². The molecule has 1 aliphatic heterocycles. The van der Waals surface area contributed by atoms with Gasteiger partial charge < -0.3 is 0 Å². The summed E-state index contributed by atoms with van der Waals surface area (Å²) >= 11 is 2.10. The van der Waals surface area contributed by atoms with Gasteiger partial charge in [0.1, 0.15) is 0 Å². The molecule has 0 radical (unpaired) electrons. The van der Waals surface area contributed by atoms with E-state index in [1.807, 2.05) is 0 Å². The van der Waals surface area contributed by atoms with E-state index in [0.29, 0.717) is 0 Å². The van der Waals surface area contributed by atoms with Crippen molar-refractivity contribution < 1.29 is 0 Å². The summed E-state index contributed by atoms with van der Waals surface area (Å²) in [6.45, 7) is -0.173. The minimum atomic E-state index is -0.173. The third kappa shape index (κ3) is 2.18. The lowest BCUT2D eigenvalue weighted by Crippen LogP contribution is -1.66. The minimum Gasteiger partial charge on any atom is -0.103 e. The molecule has 1 heterocycles. The van der Waals surface area contributed by atoms with E-state index in [9.17, 15) is 0 Å². The first-order valence-corrected chi connectivity index (χ1v) is 7.70. The fraction of sp³-hybridized carbons (Fsp3) is 0.300. The summed E-state index contributed by atoms with van der Waals surface area (Å²) in [7, 11) is 0. The molecule has 0 bridgehead atoms. The summed E-state index contributed by atoms with van der Waals surface area (Å²) < 4.78 is 0. The molecular weight excluding hydrogens is 183 g/mol. The van der Waals surface area contributed by atoms with Gasteiger partial charge in [0.15, 0.2) is 0 Å². The van der Waals surface area contributed by atoms with Gasteiger partial charge in [-0.05, 0) is 31.1 Å². The number of hydrogen-bond acceptors (Lipinski definition) is 1. The van der Waals surface area contributed by atoms with E-state index >= 15 is 0 Å². The van der Waals surface area contributed by atoms with E-state index in [2.05, 4.69) is 47.5 Å². The fourth-order valence-electron chi connectivity index (χ4n) is 1.37. The highest BCUT2D eigenvalue weighted by Crippen LogP contribution is 2.47. The molecule has 0 saturated carbocycles. The van der Waals surface area contributed by atoms with E-state index in [4.69, 9.17) is 0 Å². The Labute approximate surface area is 78.5 Å². The summed E-state index contributed by atoms with van der Waals surface area (Å²) in [6.07, 6.45) is 4.24.